The number of rotatable bonds is 6. The molecule has 1 heterocycles. The second-order valence-corrected chi connectivity index (χ2v) is 6.17. The molecule has 0 unspecified atom stereocenters. The van der Waals surface area contributed by atoms with E-state index in [-0.39, 0.29) is 11.5 Å². The zero-order valence-electron chi connectivity index (χ0n) is 15.3. The topological polar surface area (TPSA) is 105 Å². The molecule has 8 nitrogen and oxygen atoms in total. The third kappa shape index (κ3) is 4.29. The fraction of sp³-hybridized carbons (Fsp3) is 0.250. The van der Waals surface area contributed by atoms with E-state index in [2.05, 4.69) is 4.90 Å². The highest BCUT2D eigenvalue weighted by atomic mass is 16.6. The maximum atomic E-state index is 12.4. The fourth-order valence-electron chi connectivity index (χ4n) is 2.92. The van der Waals surface area contributed by atoms with Crippen molar-refractivity contribution in [1.29, 1.82) is 0 Å². The van der Waals surface area contributed by atoms with Gasteiger partial charge in [-0.2, -0.15) is 0 Å². The normalized spacial score (nSPS) is 14.2. The predicted octanol–water partition coefficient (Wildman–Crippen LogP) is 2.41. The molecule has 1 aliphatic heterocycles. The van der Waals surface area contributed by atoms with Crippen LogP contribution in [0.15, 0.2) is 42.5 Å². The number of nitrogens with zero attached hydrogens (tertiary/aromatic N) is 2. The summed E-state index contributed by atoms with van der Waals surface area (Å²) in [4.78, 5) is 24.8. The number of nitro groups is 1. The van der Waals surface area contributed by atoms with Crippen LogP contribution < -0.4 is 14.7 Å². The Bertz CT molecular complexity index is 902. The number of carbonyl (C=O) groups is 1. The quantitative estimate of drug-likeness (QED) is 0.326. The van der Waals surface area contributed by atoms with Crippen molar-refractivity contribution in [3.63, 3.8) is 0 Å². The van der Waals surface area contributed by atoms with Crippen LogP contribution in [-0.2, 0) is 4.74 Å². The standard InChI is InChI=1S/C20H20N2O6/c1-27-19-13-14(12-17(20(19)24)22(25)26)2-7-18(23)15-3-5-16(6-4-15)21-8-10-28-11-9-21/h2-7,12-13,24H,8-11H2,1H3/p-1/b7-2+. The van der Waals surface area contributed by atoms with Crippen LogP contribution in [0, 0.1) is 10.1 Å². The molecule has 1 saturated heterocycles. The second kappa shape index (κ2) is 8.53. The number of benzene rings is 2. The number of carbonyl (C=O) groups excluding carboxylic acids is 1. The lowest BCUT2D eigenvalue weighted by Crippen LogP contribution is -2.36. The Balaban J connectivity index is 1.76. The lowest BCUT2D eigenvalue weighted by Gasteiger charge is -2.28. The number of morpholine rings is 1. The van der Waals surface area contributed by atoms with Gasteiger partial charge in [-0.05, 0) is 42.0 Å². The maximum absolute atomic E-state index is 12.4. The van der Waals surface area contributed by atoms with Gasteiger partial charge in [-0.25, -0.2) is 0 Å². The Hall–Kier alpha value is -3.39. The van der Waals surface area contributed by atoms with Crippen molar-refractivity contribution in [3.8, 4) is 11.5 Å². The minimum Gasteiger partial charge on any atom is -0.865 e. The van der Waals surface area contributed by atoms with E-state index in [1.54, 1.807) is 12.1 Å². The summed E-state index contributed by atoms with van der Waals surface area (Å²) in [6.07, 6.45) is 2.74. The Morgan fingerprint density at radius 3 is 2.50 bits per heavy atom. The van der Waals surface area contributed by atoms with E-state index < -0.39 is 16.4 Å². The van der Waals surface area contributed by atoms with Gasteiger partial charge in [-0.3, -0.25) is 14.9 Å². The van der Waals surface area contributed by atoms with E-state index in [4.69, 9.17) is 9.47 Å². The van der Waals surface area contributed by atoms with Gasteiger partial charge in [-0.1, -0.05) is 6.08 Å². The molecule has 0 aliphatic carbocycles. The largest absolute Gasteiger partial charge is 0.865 e. The van der Waals surface area contributed by atoms with Gasteiger partial charge in [0.15, 0.2) is 5.78 Å². The molecule has 0 atom stereocenters. The third-order valence-corrected chi connectivity index (χ3v) is 4.43. The average Bonchev–Trinajstić information content (AvgIpc) is 2.73. The molecule has 0 N–H and O–H groups in total. The molecular weight excluding hydrogens is 364 g/mol. The van der Waals surface area contributed by atoms with E-state index in [9.17, 15) is 20.0 Å². The van der Waals surface area contributed by atoms with Gasteiger partial charge in [0.2, 0.25) is 0 Å². The first-order chi connectivity index (χ1) is 13.5. The molecule has 28 heavy (non-hydrogen) atoms. The first kappa shape index (κ1) is 19.4. The Morgan fingerprint density at radius 1 is 1.21 bits per heavy atom. The summed E-state index contributed by atoms with van der Waals surface area (Å²) in [5.74, 6) is -1.19. The van der Waals surface area contributed by atoms with Crippen molar-refractivity contribution in [3.05, 3.63) is 63.7 Å². The van der Waals surface area contributed by atoms with Gasteiger partial charge < -0.3 is 19.5 Å². The van der Waals surface area contributed by atoms with Crippen LogP contribution in [0.1, 0.15) is 15.9 Å². The van der Waals surface area contributed by atoms with E-state index in [1.807, 2.05) is 12.1 Å². The molecule has 0 amide bonds. The van der Waals surface area contributed by atoms with Crippen LogP contribution in [0.4, 0.5) is 11.4 Å². The number of hydrogen-bond acceptors (Lipinski definition) is 7. The van der Waals surface area contributed by atoms with E-state index in [0.717, 1.165) is 24.8 Å². The van der Waals surface area contributed by atoms with Crippen molar-refractivity contribution in [2.24, 2.45) is 0 Å². The summed E-state index contributed by atoms with van der Waals surface area (Å²) in [5.41, 5.74) is 1.26. The summed E-state index contributed by atoms with van der Waals surface area (Å²) in [6.45, 7) is 2.98. The zero-order chi connectivity index (χ0) is 20.1. The number of ether oxygens (including phenoxy) is 2. The average molecular weight is 383 g/mol. The smallest absolute Gasteiger partial charge is 0.266 e. The van der Waals surface area contributed by atoms with Gasteiger partial charge in [0.1, 0.15) is 5.75 Å². The molecule has 0 radical (unpaired) electrons. The number of hydrogen-bond donors (Lipinski definition) is 0. The van der Waals surface area contributed by atoms with Gasteiger partial charge in [-0.15, -0.1) is 0 Å². The van der Waals surface area contributed by atoms with Crippen LogP contribution in [-0.4, -0.2) is 44.1 Å². The van der Waals surface area contributed by atoms with Gasteiger partial charge in [0, 0.05) is 36.2 Å². The second-order valence-electron chi connectivity index (χ2n) is 6.17. The summed E-state index contributed by atoms with van der Waals surface area (Å²) in [6, 6.07) is 9.72. The fourth-order valence-corrected chi connectivity index (χ4v) is 2.92. The summed E-state index contributed by atoms with van der Waals surface area (Å²) in [5, 5.41) is 22.9. The van der Waals surface area contributed by atoms with Gasteiger partial charge in [0.25, 0.3) is 5.69 Å². The van der Waals surface area contributed by atoms with Crippen LogP contribution in [0.3, 0.4) is 0 Å². The zero-order valence-corrected chi connectivity index (χ0v) is 15.3. The molecule has 2 aromatic rings. The highest BCUT2D eigenvalue weighted by molar-refractivity contribution is 6.07. The summed E-state index contributed by atoms with van der Waals surface area (Å²) >= 11 is 0. The lowest BCUT2D eigenvalue weighted by atomic mass is 10.1. The minimum atomic E-state index is -0.797. The van der Waals surface area contributed by atoms with E-state index in [0.29, 0.717) is 24.3 Å². The number of nitro benzene ring substituents is 1. The Labute approximate surface area is 161 Å². The monoisotopic (exact) mass is 383 g/mol. The molecular formula is C20H19N2O6-. The first-order valence-electron chi connectivity index (χ1n) is 8.68. The van der Waals surface area contributed by atoms with Crippen LogP contribution in [0.2, 0.25) is 0 Å². The van der Waals surface area contributed by atoms with Crippen molar-refractivity contribution < 1.29 is 24.3 Å². The van der Waals surface area contributed by atoms with Crippen molar-refractivity contribution in [1.82, 2.24) is 0 Å². The third-order valence-electron chi connectivity index (χ3n) is 4.43. The van der Waals surface area contributed by atoms with Crippen LogP contribution in [0.25, 0.3) is 6.08 Å². The molecule has 0 bridgehead atoms. The predicted molar refractivity (Wildman–Crippen MR) is 102 cm³/mol. The van der Waals surface area contributed by atoms with Gasteiger partial charge >= 0.3 is 0 Å². The molecule has 1 fully saturated rings. The number of allylic oxidation sites excluding steroid dienone is 1. The van der Waals surface area contributed by atoms with Crippen molar-refractivity contribution in [2.45, 2.75) is 0 Å². The number of anilines is 1. The van der Waals surface area contributed by atoms with Crippen molar-refractivity contribution in [2.75, 3.05) is 38.3 Å². The molecule has 0 spiro atoms. The molecule has 2 aromatic carbocycles. The molecule has 3 rings (SSSR count). The Kier molecular flexibility index (Phi) is 5.90. The van der Waals surface area contributed by atoms with Crippen LogP contribution >= 0.6 is 0 Å². The molecule has 146 valence electrons. The maximum Gasteiger partial charge on any atom is 0.266 e. The first-order valence-corrected chi connectivity index (χ1v) is 8.68. The molecule has 0 aromatic heterocycles. The minimum absolute atomic E-state index is 0.142. The Morgan fingerprint density at radius 2 is 1.89 bits per heavy atom. The molecule has 0 saturated carbocycles. The number of methoxy groups -OCH3 is 1. The van der Waals surface area contributed by atoms with Crippen LogP contribution in [0.5, 0.6) is 11.5 Å². The van der Waals surface area contributed by atoms with E-state index >= 15 is 0 Å². The highest BCUT2D eigenvalue weighted by Gasteiger charge is 2.14. The van der Waals surface area contributed by atoms with Crippen molar-refractivity contribution >= 4 is 23.2 Å². The lowest BCUT2D eigenvalue weighted by molar-refractivity contribution is -0.398. The summed E-state index contributed by atoms with van der Waals surface area (Å²) in [7, 11) is 1.26. The summed E-state index contributed by atoms with van der Waals surface area (Å²) < 4.78 is 10.2. The SMILES string of the molecule is COc1cc(/C=C/C(=O)c2ccc(N3CCOCC3)cc2)cc([N+](=O)[O-])c1[O-]. The number of ketones is 1. The molecule has 8 heteroatoms. The molecule has 1 aliphatic rings. The van der Waals surface area contributed by atoms with E-state index in [1.165, 1.54) is 25.3 Å². The highest BCUT2D eigenvalue weighted by Crippen LogP contribution is 2.34. The van der Waals surface area contributed by atoms with Gasteiger partial charge in [0.05, 0.1) is 25.2 Å².